The van der Waals surface area contributed by atoms with E-state index in [-0.39, 0.29) is 10.8 Å². The van der Waals surface area contributed by atoms with Gasteiger partial charge in [-0.3, -0.25) is 0 Å². The summed E-state index contributed by atoms with van der Waals surface area (Å²) < 4.78 is 4.82. The molecule has 0 bridgehead atoms. The Morgan fingerprint density at radius 1 is 0.733 bits per heavy atom. The molecule has 0 aliphatic heterocycles. The van der Waals surface area contributed by atoms with Crippen LogP contribution in [0.15, 0.2) is 119 Å². The van der Waals surface area contributed by atoms with E-state index in [1.54, 1.807) is 12.1 Å². The van der Waals surface area contributed by atoms with Gasteiger partial charge < -0.3 is 0 Å². The maximum absolute atomic E-state index is 6.80. The Morgan fingerprint density at radius 3 is 2.22 bits per heavy atom. The van der Waals surface area contributed by atoms with Crippen LogP contribution >= 0.6 is 11.6 Å². The van der Waals surface area contributed by atoms with Gasteiger partial charge in [-0.2, -0.15) is 0 Å². The second kappa shape index (κ2) is 11.6. The number of hydrogen-bond acceptors (Lipinski definition) is 0. The Balaban J connectivity index is 1.63. The molecule has 0 spiro atoms. The number of allylic oxidation sites excluding steroid dienone is 4. The van der Waals surface area contributed by atoms with E-state index >= 15 is 0 Å². The van der Waals surface area contributed by atoms with Crippen molar-refractivity contribution < 1.29 is 21.3 Å². The molecule has 0 amide bonds. The molecule has 0 atom stereocenters. The van der Waals surface area contributed by atoms with Gasteiger partial charge in [0.15, 0.2) is 0 Å². The molecule has 2 aliphatic rings. The average Bonchev–Trinajstić information content (AvgIpc) is 3.66. The van der Waals surface area contributed by atoms with Crippen molar-refractivity contribution in [2.75, 3.05) is 0 Å². The first-order valence-electron chi connectivity index (χ1n) is 16.2. The minimum atomic E-state index is -2.92. The normalized spacial score (nSPS) is 14.8. The molecule has 0 unspecified atom stereocenters. The molecule has 0 N–H and O–H groups in total. The van der Waals surface area contributed by atoms with E-state index in [1.165, 1.54) is 52.9 Å². The molecule has 7 rings (SSSR count). The number of hydrogen-bond donors (Lipinski definition) is 0. The summed E-state index contributed by atoms with van der Waals surface area (Å²) in [6, 6.07) is 36.6. The van der Waals surface area contributed by atoms with Crippen LogP contribution in [0.3, 0.4) is 0 Å². The van der Waals surface area contributed by atoms with Crippen molar-refractivity contribution >= 4 is 28.9 Å². The van der Waals surface area contributed by atoms with E-state index in [1.807, 2.05) is 6.07 Å². The molecule has 224 valence electrons. The van der Waals surface area contributed by atoms with Crippen molar-refractivity contribution in [2.24, 2.45) is 0 Å². The van der Waals surface area contributed by atoms with Crippen LogP contribution in [0.4, 0.5) is 0 Å². The molecule has 0 nitrogen and oxygen atoms in total. The van der Waals surface area contributed by atoms with Crippen molar-refractivity contribution in [3.05, 3.63) is 157 Å². The summed E-state index contributed by atoms with van der Waals surface area (Å²) in [6.07, 6.45) is 9.13. The predicted molar refractivity (Wildman–Crippen MR) is 192 cm³/mol. The fourth-order valence-corrected chi connectivity index (χ4v) is 16.4. The summed E-state index contributed by atoms with van der Waals surface area (Å²) in [6.45, 7) is 14.2. The van der Waals surface area contributed by atoms with Gasteiger partial charge >= 0.3 is 283 Å². The first-order chi connectivity index (χ1) is 21.5. The van der Waals surface area contributed by atoms with Crippen LogP contribution < -0.4 is 3.27 Å². The molecule has 0 saturated heterocycles. The molecular weight excluding hydrogens is 643 g/mol. The van der Waals surface area contributed by atoms with Crippen molar-refractivity contribution in [1.29, 1.82) is 0 Å². The molecular formula is C43H41ClZr. The SMILES string of the molecule is CC(C)(C)c1ccc2c(c1)Cc1c-2ccc(C(C)(C)C)[c]1/[Zr]([C]1=CC=CC1)=[C](\c1cccc(Cl)c1)c1cccc2ccccc12. The molecule has 0 radical (unpaired) electrons. The Bertz CT molecular complexity index is 2070. The van der Waals surface area contributed by atoms with Crippen LogP contribution in [0.2, 0.25) is 5.02 Å². The number of benzene rings is 5. The zero-order valence-electron chi connectivity index (χ0n) is 27.3. The third-order valence-corrected chi connectivity index (χ3v) is 17.5. The summed E-state index contributed by atoms with van der Waals surface area (Å²) in [5.41, 5.74) is 11.5. The van der Waals surface area contributed by atoms with Crippen molar-refractivity contribution in [3.8, 4) is 11.1 Å². The predicted octanol–water partition coefficient (Wildman–Crippen LogP) is 11.0. The van der Waals surface area contributed by atoms with Crippen LogP contribution in [-0.4, -0.2) is 3.21 Å². The number of halogens is 1. The zero-order chi connectivity index (χ0) is 31.5. The standard InChI is InChI=1S/C21H25.C17H11Cl.C5H5.Zr/c1-20(2,3)16-7-9-18-14(12-16)11-15-13-17(21(4,5)6)8-10-19(15)18;18-16-9-3-5-13(12-16)11-15-8-4-7-14-6-1-2-10-17(14)15;1-2-4-5-3-1;/h7-10,12H,11H2,1-6H3;1-10,12H;1-3H,4H2;. The van der Waals surface area contributed by atoms with E-state index in [0.717, 1.165) is 17.9 Å². The van der Waals surface area contributed by atoms with E-state index in [4.69, 9.17) is 11.6 Å². The van der Waals surface area contributed by atoms with Gasteiger partial charge in [-0.15, -0.1) is 0 Å². The average molecular weight is 684 g/mol. The fraction of sp³-hybridized carbons (Fsp3) is 0.233. The van der Waals surface area contributed by atoms with Gasteiger partial charge in [0.05, 0.1) is 0 Å². The molecule has 0 aromatic heterocycles. The quantitative estimate of drug-likeness (QED) is 0.173. The molecule has 2 heteroatoms. The van der Waals surface area contributed by atoms with Gasteiger partial charge in [0.1, 0.15) is 0 Å². The van der Waals surface area contributed by atoms with Crippen LogP contribution in [0.1, 0.15) is 81.3 Å². The molecule has 0 saturated carbocycles. The maximum atomic E-state index is 6.80. The number of fused-ring (bicyclic) bond motifs is 4. The summed E-state index contributed by atoms with van der Waals surface area (Å²) in [5.74, 6) is 0. The van der Waals surface area contributed by atoms with Crippen molar-refractivity contribution in [1.82, 2.24) is 0 Å². The first-order valence-corrected chi connectivity index (χ1v) is 20.2. The van der Waals surface area contributed by atoms with E-state index in [9.17, 15) is 0 Å². The fourth-order valence-electron chi connectivity index (χ4n) is 7.25. The molecule has 2 aliphatic carbocycles. The molecule has 5 aromatic rings. The van der Waals surface area contributed by atoms with Crippen LogP contribution in [0.25, 0.3) is 21.9 Å². The van der Waals surface area contributed by atoms with Gasteiger partial charge in [-0.05, 0) is 0 Å². The molecule has 5 aromatic carbocycles. The Morgan fingerprint density at radius 2 is 1.49 bits per heavy atom. The second-order valence-corrected chi connectivity index (χ2v) is 21.0. The van der Waals surface area contributed by atoms with Crippen LogP contribution in [0.5, 0.6) is 0 Å². The van der Waals surface area contributed by atoms with Gasteiger partial charge in [-0.1, -0.05) is 0 Å². The first kappa shape index (κ1) is 30.5. The number of rotatable bonds is 4. The summed E-state index contributed by atoms with van der Waals surface area (Å²) >= 11 is 3.88. The molecule has 0 fully saturated rings. The summed E-state index contributed by atoms with van der Waals surface area (Å²) in [4.78, 5) is 0. The monoisotopic (exact) mass is 682 g/mol. The van der Waals surface area contributed by atoms with Gasteiger partial charge in [0.25, 0.3) is 0 Å². The van der Waals surface area contributed by atoms with E-state index in [0.29, 0.717) is 0 Å². The van der Waals surface area contributed by atoms with Crippen molar-refractivity contribution in [2.45, 2.75) is 65.2 Å². The van der Waals surface area contributed by atoms with Crippen LogP contribution in [-0.2, 0) is 38.5 Å². The second-order valence-electron chi connectivity index (χ2n) is 14.7. The minimum absolute atomic E-state index is 0.00626. The van der Waals surface area contributed by atoms with Crippen LogP contribution in [0, 0.1) is 0 Å². The Labute approximate surface area is 281 Å². The van der Waals surface area contributed by atoms with Gasteiger partial charge in [-0.25, -0.2) is 0 Å². The molecule has 45 heavy (non-hydrogen) atoms. The topological polar surface area (TPSA) is 0 Å². The zero-order valence-corrected chi connectivity index (χ0v) is 30.5. The van der Waals surface area contributed by atoms with Crippen molar-refractivity contribution in [3.63, 3.8) is 0 Å². The van der Waals surface area contributed by atoms with Gasteiger partial charge in [0.2, 0.25) is 0 Å². The third kappa shape index (κ3) is 5.62. The third-order valence-electron chi connectivity index (χ3n) is 9.51. The van der Waals surface area contributed by atoms with E-state index < -0.39 is 21.3 Å². The summed E-state index contributed by atoms with van der Waals surface area (Å²) in [7, 11) is 0. The molecule has 0 heterocycles. The Kier molecular flexibility index (Phi) is 7.87. The van der Waals surface area contributed by atoms with Gasteiger partial charge in [0, 0.05) is 0 Å². The van der Waals surface area contributed by atoms with E-state index in [2.05, 4.69) is 151 Å². The summed E-state index contributed by atoms with van der Waals surface area (Å²) in [5, 5.41) is 3.40. The Hall–Kier alpha value is -3.12.